The van der Waals surface area contributed by atoms with Gasteiger partial charge in [-0.1, -0.05) is 0 Å². The second kappa shape index (κ2) is 4.84. The van der Waals surface area contributed by atoms with Crippen LogP contribution in [0.25, 0.3) is 6.08 Å². The Bertz CT molecular complexity index is 487. The molecule has 0 saturated heterocycles. The molecule has 5 nitrogen and oxygen atoms in total. The number of carboxylic acid groups (broad SMARTS) is 1. The van der Waals surface area contributed by atoms with Crippen LogP contribution in [-0.2, 0) is 4.79 Å². The molecule has 0 aromatic heterocycles. The third kappa shape index (κ3) is 2.63. The van der Waals surface area contributed by atoms with Gasteiger partial charge in [0.25, 0.3) is 5.69 Å². The lowest BCUT2D eigenvalue weighted by atomic mass is 10.1. The monoisotopic (exact) mass is 289 g/mol. The Morgan fingerprint density at radius 3 is 2.69 bits per heavy atom. The van der Waals surface area contributed by atoms with Crippen molar-refractivity contribution in [3.05, 3.63) is 44.2 Å². The molecular formula is C9H5BrFNO4. The average molecular weight is 290 g/mol. The normalized spacial score (nSPS) is 10.6. The highest BCUT2D eigenvalue weighted by Crippen LogP contribution is 2.31. The molecule has 0 saturated carbocycles. The van der Waals surface area contributed by atoms with Crippen LogP contribution in [0.15, 0.2) is 22.7 Å². The Kier molecular flexibility index (Phi) is 3.73. The van der Waals surface area contributed by atoms with E-state index < -0.39 is 22.4 Å². The molecule has 0 amide bonds. The van der Waals surface area contributed by atoms with Crippen molar-refractivity contribution in [3.8, 4) is 0 Å². The summed E-state index contributed by atoms with van der Waals surface area (Å²) in [7, 11) is 0. The van der Waals surface area contributed by atoms with Crippen molar-refractivity contribution >= 4 is 33.7 Å². The summed E-state index contributed by atoms with van der Waals surface area (Å²) < 4.78 is 12.7. The molecule has 1 rings (SSSR count). The van der Waals surface area contributed by atoms with E-state index in [4.69, 9.17) is 5.11 Å². The summed E-state index contributed by atoms with van der Waals surface area (Å²) in [5, 5.41) is 19.1. The second-order valence-electron chi connectivity index (χ2n) is 2.73. The average Bonchev–Trinajstić information content (AvgIpc) is 2.19. The Labute approximate surface area is 97.5 Å². The standard InChI is InChI=1S/C9H5BrFNO4/c10-8-6(11)3-1-5(2-4-7(13)14)9(8)12(15)16/h1-4H,(H,13,14)/b4-2+. The molecular weight excluding hydrogens is 285 g/mol. The number of carbonyl (C=O) groups is 1. The first-order valence-electron chi connectivity index (χ1n) is 3.97. The van der Waals surface area contributed by atoms with Crippen LogP contribution in [0, 0.1) is 15.9 Å². The first-order valence-corrected chi connectivity index (χ1v) is 4.76. The van der Waals surface area contributed by atoms with Crippen molar-refractivity contribution < 1.29 is 19.2 Å². The minimum atomic E-state index is -1.24. The maximum absolute atomic E-state index is 13.0. The van der Waals surface area contributed by atoms with Crippen LogP contribution in [0.5, 0.6) is 0 Å². The summed E-state index contributed by atoms with van der Waals surface area (Å²) in [6, 6.07) is 2.15. The minimum Gasteiger partial charge on any atom is -0.478 e. The summed E-state index contributed by atoms with van der Waals surface area (Å²) in [6.45, 7) is 0. The third-order valence-corrected chi connectivity index (χ3v) is 2.44. The number of nitrogens with zero attached hydrogens (tertiary/aromatic N) is 1. The number of rotatable bonds is 3. The van der Waals surface area contributed by atoms with Gasteiger partial charge in [0, 0.05) is 6.08 Å². The number of aliphatic carboxylic acids is 1. The molecule has 0 aliphatic carbocycles. The fourth-order valence-electron chi connectivity index (χ4n) is 1.04. The fourth-order valence-corrected chi connectivity index (χ4v) is 1.54. The molecule has 0 spiro atoms. The molecule has 16 heavy (non-hydrogen) atoms. The molecule has 7 heteroatoms. The number of halogens is 2. The molecule has 0 aliphatic heterocycles. The second-order valence-corrected chi connectivity index (χ2v) is 3.52. The Morgan fingerprint density at radius 2 is 2.19 bits per heavy atom. The van der Waals surface area contributed by atoms with Gasteiger partial charge >= 0.3 is 5.97 Å². The molecule has 0 heterocycles. The van der Waals surface area contributed by atoms with Crippen molar-refractivity contribution in [2.45, 2.75) is 0 Å². The van der Waals surface area contributed by atoms with Crippen LogP contribution < -0.4 is 0 Å². The predicted molar refractivity (Wildman–Crippen MR) is 57.4 cm³/mol. The van der Waals surface area contributed by atoms with Gasteiger partial charge in [-0.05, 0) is 34.1 Å². The highest BCUT2D eigenvalue weighted by Gasteiger charge is 2.20. The molecule has 1 aromatic rings. The molecule has 0 unspecified atom stereocenters. The lowest BCUT2D eigenvalue weighted by Crippen LogP contribution is -1.96. The Balaban J connectivity index is 3.34. The zero-order valence-corrected chi connectivity index (χ0v) is 9.27. The number of nitro benzene ring substituents is 1. The molecule has 0 atom stereocenters. The maximum Gasteiger partial charge on any atom is 0.328 e. The van der Waals surface area contributed by atoms with Gasteiger partial charge in [0.2, 0.25) is 0 Å². The van der Waals surface area contributed by atoms with Crippen LogP contribution in [-0.4, -0.2) is 16.0 Å². The summed E-state index contributed by atoms with van der Waals surface area (Å²) in [5.74, 6) is -2.02. The molecule has 0 radical (unpaired) electrons. The number of carboxylic acids is 1. The van der Waals surface area contributed by atoms with Crippen LogP contribution in [0.1, 0.15) is 5.56 Å². The first-order chi connectivity index (χ1) is 7.43. The zero-order valence-electron chi connectivity index (χ0n) is 7.68. The zero-order chi connectivity index (χ0) is 12.3. The van der Waals surface area contributed by atoms with Gasteiger partial charge in [-0.2, -0.15) is 0 Å². The fraction of sp³-hybridized carbons (Fsp3) is 0. The highest BCUT2D eigenvalue weighted by atomic mass is 79.9. The van der Waals surface area contributed by atoms with Crippen LogP contribution >= 0.6 is 15.9 Å². The lowest BCUT2D eigenvalue weighted by Gasteiger charge is -2.00. The lowest BCUT2D eigenvalue weighted by molar-refractivity contribution is -0.386. The van der Waals surface area contributed by atoms with Crippen LogP contribution in [0.4, 0.5) is 10.1 Å². The van der Waals surface area contributed by atoms with Gasteiger partial charge < -0.3 is 5.11 Å². The number of hydrogen-bond acceptors (Lipinski definition) is 3. The topological polar surface area (TPSA) is 80.4 Å². The molecule has 0 bridgehead atoms. The van der Waals surface area contributed by atoms with Gasteiger partial charge in [0.1, 0.15) is 10.3 Å². The summed E-state index contributed by atoms with van der Waals surface area (Å²) in [5.41, 5.74) is -0.488. The van der Waals surface area contributed by atoms with E-state index in [2.05, 4.69) is 15.9 Å². The van der Waals surface area contributed by atoms with Crippen molar-refractivity contribution in [1.82, 2.24) is 0 Å². The largest absolute Gasteiger partial charge is 0.478 e. The molecule has 84 valence electrons. The van der Waals surface area contributed by atoms with E-state index in [-0.39, 0.29) is 10.0 Å². The van der Waals surface area contributed by atoms with E-state index in [1.54, 1.807) is 0 Å². The van der Waals surface area contributed by atoms with Gasteiger partial charge in [0.15, 0.2) is 0 Å². The van der Waals surface area contributed by atoms with Crippen LogP contribution in [0.2, 0.25) is 0 Å². The summed E-state index contributed by atoms with van der Waals surface area (Å²) >= 11 is 2.74. The van der Waals surface area contributed by atoms with Gasteiger partial charge in [-0.3, -0.25) is 10.1 Å². The van der Waals surface area contributed by atoms with E-state index in [0.717, 1.165) is 24.3 Å². The Morgan fingerprint density at radius 1 is 1.56 bits per heavy atom. The van der Waals surface area contributed by atoms with Gasteiger partial charge in [0.05, 0.1) is 10.5 Å². The van der Waals surface area contributed by atoms with Gasteiger partial charge in [-0.25, -0.2) is 9.18 Å². The first kappa shape index (κ1) is 12.3. The van der Waals surface area contributed by atoms with E-state index in [1.165, 1.54) is 0 Å². The van der Waals surface area contributed by atoms with E-state index in [1.807, 2.05) is 0 Å². The molecule has 0 aliphatic rings. The molecule has 0 fully saturated rings. The molecule has 1 aromatic carbocycles. The van der Waals surface area contributed by atoms with Crippen molar-refractivity contribution in [2.24, 2.45) is 0 Å². The van der Waals surface area contributed by atoms with Crippen molar-refractivity contribution in [2.75, 3.05) is 0 Å². The van der Waals surface area contributed by atoms with Crippen molar-refractivity contribution in [3.63, 3.8) is 0 Å². The SMILES string of the molecule is O=C(O)/C=C/c1ccc(F)c(Br)c1[N+](=O)[O-]. The van der Waals surface area contributed by atoms with E-state index in [0.29, 0.717) is 0 Å². The third-order valence-electron chi connectivity index (χ3n) is 1.69. The van der Waals surface area contributed by atoms with E-state index >= 15 is 0 Å². The van der Waals surface area contributed by atoms with Gasteiger partial charge in [-0.15, -0.1) is 0 Å². The number of nitro groups is 1. The van der Waals surface area contributed by atoms with Crippen LogP contribution in [0.3, 0.4) is 0 Å². The smallest absolute Gasteiger partial charge is 0.328 e. The molecule has 1 N–H and O–H groups in total. The van der Waals surface area contributed by atoms with Crippen molar-refractivity contribution in [1.29, 1.82) is 0 Å². The minimum absolute atomic E-state index is 0.0145. The van der Waals surface area contributed by atoms with E-state index in [9.17, 15) is 19.3 Å². The number of hydrogen-bond donors (Lipinski definition) is 1. The number of benzene rings is 1. The summed E-state index contributed by atoms with van der Waals surface area (Å²) in [4.78, 5) is 20.1. The quantitative estimate of drug-likeness (QED) is 0.527. The predicted octanol–water partition coefficient (Wildman–Crippen LogP) is 2.59. The Hall–Kier alpha value is -1.76. The maximum atomic E-state index is 13.0. The summed E-state index contributed by atoms with van der Waals surface area (Å²) in [6.07, 6.45) is 1.78. The highest BCUT2D eigenvalue weighted by molar-refractivity contribution is 9.10.